The molecule has 0 aliphatic carbocycles. The second-order valence-electron chi connectivity index (χ2n) is 4.22. The predicted molar refractivity (Wildman–Crippen MR) is 83.6 cm³/mol. The molecule has 0 saturated heterocycles. The molecule has 2 aromatic carbocycles. The van der Waals surface area contributed by atoms with E-state index in [-0.39, 0.29) is 5.91 Å². The molecule has 104 valence electrons. The summed E-state index contributed by atoms with van der Waals surface area (Å²) in [5, 5.41) is 6.92. The molecule has 3 nitrogen and oxygen atoms in total. The van der Waals surface area contributed by atoms with Gasteiger partial charge in [0, 0.05) is 24.3 Å². The highest BCUT2D eigenvalue weighted by molar-refractivity contribution is 6.34. The van der Waals surface area contributed by atoms with Gasteiger partial charge in [-0.2, -0.15) is 0 Å². The van der Waals surface area contributed by atoms with Crippen molar-refractivity contribution in [2.45, 2.75) is 6.54 Å². The Bertz CT molecular complexity index is 629. The molecule has 2 rings (SSSR count). The lowest BCUT2D eigenvalue weighted by atomic mass is 10.1. The van der Waals surface area contributed by atoms with Crippen LogP contribution in [0.25, 0.3) is 0 Å². The molecule has 0 aliphatic heterocycles. The van der Waals surface area contributed by atoms with Crippen molar-refractivity contribution < 1.29 is 4.79 Å². The second-order valence-corrected chi connectivity index (χ2v) is 5.03. The maximum atomic E-state index is 11.7. The molecule has 0 spiro atoms. The monoisotopic (exact) mass is 308 g/mol. The zero-order valence-electron chi connectivity index (χ0n) is 10.9. The summed E-state index contributed by atoms with van der Waals surface area (Å²) in [5.74, 6) is -0.212. The van der Waals surface area contributed by atoms with Crippen LogP contribution in [0.15, 0.2) is 42.5 Å². The SMILES string of the molecule is CNC(=O)c1cc(NCc2ccccc2Cl)ccc1Cl. The summed E-state index contributed by atoms with van der Waals surface area (Å²) in [5.41, 5.74) is 2.25. The topological polar surface area (TPSA) is 41.1 Å². The first kappa shape index (κ1) is 14.7. The van der Waals surface area contributed by atoms with Crippen molar-refractivity contribution >= 4 is 34.8 Å². The highest BCUT2D eigenvalue weighted by Crippen LogP contribution is 2.22. The molecular formula is C15H14Cl2N2O. The summed E-state index contributed by atoms with van der Waals surface area (Å²) in [6.07, 6.45) is 0. The van der Waals surface area contributed by atoms with Crippen LogP contribution in [0, 0.1) is 0 Å². The van der Waals surface area contributed by atoms with Crippen molar-refractivity contribution in [2.24, 2.45) is 0 Å². The Morgan fingerprint density at radius 1 is 1.10 bits per heavy atom. The standard InChI is InChI=1S/C15H14Cl2N2O/c1-18-15(20)12-8-11(6-7-14(12)17)19-9-10-4-2-3-5-13(10)16/h2-8,19H,9H2,1H3,(H,18,20). The number of hydrogen-bond donors (Lipinski definition) is 2. The number of carbonyl (C=O) groups excluding carboxylic acids is 1. The van der Waals surface area contributed by atoms with E-state index in [1.807, 2.05) is 30.3 Å². The molecule has 0 fully saturated rings. The van der Waals surface area contributed by atoms with Gasteiger partial charge in [0.2, 0.25) is 0 Å². The Hall–Kier alpha value is -1.71. The van der Waals surface area contributed by atoms with Gasteiger partial charge in [0.1, 0.15) is 0 Å². The zero-order valence-corrected chi connectivity index (χ0v) is 12.4. The van der Waals surface area contributed by atoms with E-state index in [9.17, 15) is 4.79 Å². The molecule has 20 heavy (non-hydrogen) atoms. The highest BCUT2D eigenvalue weighted by atomic mass is 35.5. The molecule has 0 radical (unpaired) electrons. The molecule has 0 saturated carbocycles. The van der Waals surface area contributed by atoms with E-state index >= 15 is 0 Å². The van der Waals surface area contributed by atoms with Gasteiger partial charge in [-0.1, -0.05) is 41.4 Å². The Kier molecular flexibility index (Phi) is 4.88. The van der Waals surface area contributed by atoms with Gasteiger partial charge in [-0.05, 0) is 29.8 Å². The number of rotatable bonds is 4. The number of halogens is 2. The quantitative estimate of drug-likeness (QED) is 0.897. The maximum Gasteiger partial charge on any atom is 0.252 e. The van der Waals surface area contributed by atoms with Gasteiger partial charge in [0.25, 0.3) is 5.91 Å². The van der Waals surface area contributed by atoms with Crippen LogP contribution < -0.4 is 10.6 Å². The molecule has 0 bridgehead atoms. The Morgan fingerprint density at radius 2 is 1.85 bits per heavy atom. The van der Waals surface area contributed by atoms with Crippen LogP contribution >= 0.6 is 23.2 Å². The average molecular weight is 309 g/mol. The van der Waals surface area contributed by atoms with E-state index in [1.165, 1.54) is 0 Å². The van der Waals surface area contributed by atoms with Crippen molar-refractivity contribution in [3.05, 3.63) is 63.6 Å². The average Bonchev–Trinajstić information content (AvgIpc) is 2.47. The molecule has 0 heterocycles. The third-order valence-electron chi connectivity index (χ3n) is 2.88. The number of carbonyl (C=O) groups is 1. The van der Waals surface area contributed by atoms with Gasteiger partial charge >= 0.3 is 0 Å². The molecule has 5 heteroatoms. The van der Waals surface area contributed by atoms with Gasteiger partial charge in [0.15, 0.2) is 0 Å². The van der Waals surface area contributed by atoms with Crippen LogP contribution in [0.1, 0.15) is 15.9 Å². The van der Waals surface area contributed by atoms with Gasteiger partial charge in [-0.15, -0.1) is 0 Å². The van der Waals surface area contributed by atoms with Crippen LogP contribution in [-0.4, -0.2) is 13.0 Å². The fourth-order valence-electron chi connectivity index (χ4n) is 1.78. The molecule has 0 atom stereocenters. The van der Waals surface area contributed by atoms with E-state index in [1.54, 1.807) is 19.2 Å². The van der Waals surface area contributed by atoms with Crippen molar-refractivity contribution in [2.75, 3.05) is 12.4 Å². The predicted octanol–water partition coefficient (Wildman–Crippen LogP) is 3.97. The zero-order chi connectivity index (χ0) is 14.5. The molecule has 0 aromatic heterocycles. The van der Waals surface area contributed by atoms with Crippen LogP contribution in [-0.2, 0) is 6.54 Å². The number of hydrogen-bond acceptors (Lipinski definition) is 2. The molecule has 1 amide bonds. The summed E-state index contributed by atoms with van der Waals surface area (Å²) in [7, 11) is 1.57. The maximum absolute atomic E-state index is 11.7. The van der Waals surface area contributed by atoms with E-state index in [2.05, 4.69) is 10.6 Å². The summed E-state index contributed by atoms with van der Waals surface area (Å²) in [6, 6.07) is 12.9. The van der Waals surface area contributed by atoms with Crippen LogP contribution in [0.2, 0.25) is 10.0 Å². The molecular weight excluding hydrogens is 295 g/mol. The fraction of sp³-hybridized carbons (Fsp3) is 0.133. The summed E-state index contributed by atoms with van der Waals surface area (Å²) >= 11 is 12.1. The minimum atomic E-state index is -0.212. The van der Waals surface area contributed by atoms with Crippen molar-refractivity contribution in [3.8, 4) is 0 Å². The number of nitrogens with one attached hydrogen (secondary N) is 2. The second kappa shape index (κ2) is 6.64. The largest absolute Gasteiger partial charge is 0.381 e. The molecule has 0 unspecified atom stereocenters. The number of anilines is 1. The lowest BCUT2D eigenvalue weighted by Gasteiger charge is -2.10. The first-order valence-corrected chi connectivity index (χ1v) is 6.86. The molecule has 2 aromatic rings. The van der Waals surface area contributed by atoms with Gasteiger partial charge in [0.05, 0.1) is 10.6 Å². The number of benzene rings is 2. The van der Waals surface area contributed by atoms with E-state index in [0.29, 0.717) is 22.2 Å². The van der Waals surface area contributed by atoms with Gasteiger partial charge in [-0.3, -0.25) is 4.79 Å². The van der Waals surface area contributed by atoms with Crippen molar-refractivity contribution in [3.63, 3.8) is 0 Å². The first-order valence-electron chi connectivity index (χ1n) is 6.10. The minimum Gasteiger partial charge on any atom is -0.381 e. The highest BCUT2D eigenvalue weighted by Gasteiger charge is 2.09. The number of amides is 1. The Labute approximate surface area is 127 Å². The van der Waals surface area contributed by atoms with E-state index < -0.39 is 0 Å². The summed E-state index contributed by atoms with van der Waals surface area (Å²) in [4.78, 5) is 11.7. The lowest BCUT2D eigenvalue weighted by Crippen LogP contribution is -2.18. The van der Waals surface area contributed by atoms with Crippen LogP contribution in [0.4, 0.5) is 5.69 Å². The molecule has 2 N–H and O–H groups in total. The molecule has 0 aliphatic rings. The normalized spacial score (nSPS) is 10.2. The van der Waals surface area contributed by atoms with Crippen LogP contribution in [0.5, 0.6) is 0 Å². The fourth-order valence-corrected chi connectivity index (χ4v) is 2.19. The third kappa shape index (κ3) is 3.44. The van der Waals surface area contributed by atoms with E-state index in [0.717, 1.165) is 11.3 Å². The van der Waals surface area contributed by atoms with Crippen molar-refractivity contribution in [1.82, 2.24) is 5.32 Å². The van der Waals surface area contributed by atoms with Gasteiger partial charge in [-0.25, -0.2) is 0 Å². The van der Waals surface area contributed by atoms with E-state index in [4.69, 9.17) is 23.2 Å². The third-order valence-corrected chi connectivity index (χ3v) is 3.58. The smallest absolute Gasteiger partial charge is 0.252 e. The first-order chi connectivity index (χ1) is 9.61. The Balaban J connectivity index is 2.14. The minimum absolute atomic E-state index is 0.212. The van der Waals surface area contributed by atoms with Crippen molar-refractivity contribution in [1.29, 1.82) is 0 Å². The Morgan fingerprint density at radius 3 is 2.55 bits per heavy atom. The summed E-state index contributed by atoms with van der Waals surface area (Å²) < 4.78 is 0. The van der Waals surface area contributed by atoms with Gasteiger partial charge < -0.3 is 10.6 Å². The lowest BCUT2D eigenvalue weighted by molar-refractivity contribution is 0.0963. The summed E-state index contributed by atoms with van der Waals surface area (Å²) in [6.45, 7) is 0.578. The van der Waals surface area contributed by atoms with Crippen LogP contribution in [0.3, 0.4) is 0 Å².